The van der Waals surface area contributed by atoms with Crippen molar-refractivity contribution >= 4 is 23.4 Å². The van der Waals surface area contributed by atoms with Crippen molar-refractivity contribution in [1.82, 2.24) is 9.97 Å². The topological polar surface area (TPSA) is 129 Å². The molecule has 0 aliphatic carbocycles. The SMILES string of the molecule is CCOC(=O)[C@H](C)Nc1nc(N)nc(OC)c1N=O. The van der Waals surface area contributed by atoms with Crippen LogP contribution in [0.2, 0.25) is 0 Å². The molecule has 0 aliphatic rings. The number of hydrogen-bond acceptors (Lipinski definition) is 9. The molecule has 9 heteroatoms. The fourth-order valence-corrected chi connectivity index (χ4v) is 1.31. The number of esters is 1. The van der Waals surface area contributed by atoms with E-state index in [-0.39, 0.29) is 29.9 Å². The molecule has 0 amide bonds. The van der Waals surface area contributed by atoms with Crippen molar-refractivity contribution in [3.8, 4) is 5.88 Å². The predicted molar refractivity (Wildman–Crippen MR) is 68.2 cm³/mol. The van der Waals surface area contributed by atoms with Gasteiger partial charge in [-0.2, -0.15) is 9.97 Å². The van der Waals surface area contributed by atoms with Crippen molar-refractivity contribution in [2.75, 3.05) is 24.8 Å². The second kappa shape index (κ2) is 6.47. The summed E-state index contributed by atoms with van der Waals surface area (Å²) in [5, 5.41) is 5.45. The summed E-state index contributed by atoms with van der Waals surface area (Å²) >= 11 is 0. The van der Waals surface area contributed by atoms with E-state index in [0.29, 0.717) is 0 Å². The Kier molecular flexibility index (Phi) is 4.98. The van der Waals surface area contributed by atoms with Crippen LogP contribution in [0.4, 0.5) is 17.5 Å². The Hall–Kier alpha value is -2.45. The third-order valence-corrected chi connectivity index (χ3v) is 2.15. The first-order valence-corrected chi connectivity index (χ1v) is 5.51. The Morgan fingerprint density at radius 2 is 2.21 bits per heavy atom. The van der Waals surface area contributed by atoms with Crippen LogP contribution in [0.25, 0.3) is 0 Å². The van der Waals surface area contributed by atoms with Gasteiger partial charge in [-0.3, -0.25) is 0 Å². The summed E-state index contributed by atoms with van der Waals surface area (Å²) in [6.45, 7) is 3.49. The molecule has 0 aliphatic heterocycles. The van der Waals surface area contributed by atoms with E-state index in [2.05, 4.69) is 20.5 Å². The van der Waals surface area contributed by atoms with Gasteiger partial charge in [0.2, 0.25) is 11.6 Å². The maximum absolute atomic E-state index is 11.5. The van der Waals surface area contributed by atoms with Gasteiger partial charge >= 0.3 is 5.97 Å². The van der Waals surface area contributed by atoms with Gasteiger partial charge in [0.25, 0.3) is 5.88 Å². The standard InChI is InChI=1S/C10H15N5O4/c1-4-19-9(16)5(2)12-7-6(15-17)8(18-3)14-10(11)13-7/h5H,4H2,1-3H3,(H3,11,12,13,14)/t5-/m0/s1. The van der Waals surface area contributed by atoms with E-state index in [9.17, 15) is 9.70 Å². The van der Waals surface area contributed by atoms with Crippen LogP contribution in [0.5, 0.6) is 5.88 Å². The van der Waals surface area contributed by atoms with E-state index in [1.54, 1.807) is 13.8 Å². The molecule has 3 N–H and O–H groups in total. The number of nitroso groups, excluding NO2 is 1. The normalized spacial score (nSPS) is 11.5. The zero-order valence-electron chi connectivity index (χ0n) is 10.8. The number of nitrogens with two attached hydrogens (primary N) is 1. The minimum Gasteiger partial charge on any atom is -0.479 e. The Morgan fingerprint density at radius 1 is 1.53 bits per heavy atom. The third kappa shape index (κ3) is 3.50. The lowest BCUT2D eigenvalue weighted by atomic mass is 10.3. The highest BCUT2D eigenvalue weighted by Gasteiger charge is 2.20. The van der Waals surface area contributed by atoms with E-state index in [1.807, 2.05) is 0 Å². The van der Waals surface area contributed by atoms with Crippen molar-refractivity contribution in [1.29, 1.82) is 0 Å². The first-order valence-electron chi connectivity index (χ1n) is 5.51. The molecule has 104 valence electrons. The van der Waals surface area contributed by atoms with Crippen molar-refractivity contribution in [2.24, 2.45) is 5.18 Å². The number of carbonyl (C=O) groups excluding carboxylic acids is 1. The summed E-state index contributed by atoms with van der Waals surface area (Å²) in [5.41, 5.74) is 5.31. The molecule has 0 radical (unpaired) electrons. The summed E-state index contributed by atoms with van der Waals surface area (Å²) in [5.74, 6) is -0.653. The lowest BCUT2D eigenvalue weighted by Crippen LogP contribution is -2.28. The summed E-state index contributed by atoms with van der Waals surface area (Å²) in [7, 11) is 1.31. The summed E-state index contributed by atoms with van der Waals surface area (Å²) in [6.07, 6.45) is 0. The largest absolute Gasteiger partial charge is 0.479 e. The van der Waals surface area contributed by atoms with Crippen molar-refractivity contribution in [3.05, 3.63) is 4.91 Å². The van der Waals surface area contributed by atoms with Gasteiger partial charge in [-0.05, 0) is 19.0 Å². The summed E-state index contributed by atoms with van der Waals surface area (Å²) < 4.78 is 9.69. The summed E-state index contributed by atoms with van der Waals surface area (Å²) in [6, 6.07) is -0.723. The van der Waals surface area contributed by atoms with Gasteiger partial charge in [-0.15, -0.1) is 4.91 Å². The number of aromatic nitrogens is 2. The van der Waals surface area contributed by atoms with E-state index < -0.39 is 12.0 Å². The van der Waals surface area contributed by atoms with Crippen LogP contribution < -0.4 is 15.8 Å². The minimum atomic E-state index is -0.723. The van der Waals surface area contributed by atoms with Gasteiger partial charge in [0.05, 0.1) is 13.7 Å². The van der Waals surface area contributed by atoms with E-state index in [1.165, 1.54) is 7.11 Å². The van der Waals surface area contributed by atoms with E-state index in [0.717, 1.165) is 0 Å². The second-order valence-electron chi connectivity index (χ2n) is 3.50. The number of nitrogens with zero attached hydrogens (tertiary/aromatic N) is 3. The Balaban J connectivity index is 3.03. The second-order valence-corrected chi connectivity index (χ2v) is 3.50. The van der Waals surface area contributed by atoms with Gasteiger partial charge < -0.3 is 20.5 Å². The lowest BCUT2D eigenvalue weighted by Gasteiger charge is -2.14. The average Bonchev–Trinajstić information content (AvgIpc) is 2.38. The first kappa shape index (κ1) is 14.6. The number of hydrogen-bond donors (Lipinski definition) is 2. The molecule has 1 heterocycles. The molecule has 0 fully saturated rings. The maximum atomic E-state index is 11.5. The molecule has 1 rings (SSSR count). The number of anilines is 2. The first-order chi connectivity index (χ1) is 9.03. The molecule has 1 atom stereocenters. The van der Waals surface area contributed by atoms with Crippen molar-refractivity contribution < 1.29 is 14.3 Å². The number of ether oxygens (including phenoxy) is 2. The molecule has 0 bridgehead atoms. The van der Waals surface area contributed by atoms with E-state index in [4.69, 9.17) is 15.2 Å². The van der Waals surface area contributed by atoms with Crippen molar-refractivity contribution in [2.45, 2.75) is 19.9 Å². The quantitative estimate of drug-likeness (QED) is 0.573. The molecule has 0 aromatic carbocycles. The highest BCUT2D eigenvalue weighted by Crippen LogP contribution is 2.33. The molecule has 9 nitrogen and oxygen atoms in total. The number of nitrogens with one attached hydrogen (secondary N) is 1. The monoisotopic (exact) mass is 269 g/mol. The number of carbonyl (C=O) groups is 1. The molecule has 0 saturated heterocycles. The molecule has 19 heavy (non-hydrogen) atoms. The zero-order chi connectivity index (χ0) is 14.4. The molecular formula is C10H15N5O4. The molecule has 0 spiro atoms. The predicted octanol–water partition coefficient (Wildman–Crippen LogP) is 0.829. The molecule has 1 aromatic rings. The van der Waals surface area contributed by atoms with Gasteiger partial charge in [-0.25, -0.2) is 4.79 Å². The van der Waals surface area contributed by atoms with Gasteiger partial charge in [0.15, 0.2) is 5.82 Å². The minimum absolute atomic E-state index is 0.0138. The van der Waals surface area contributed by atoms with Crippen LogP contribution in [0.3, 0.4) is 0 Å². The van der Waals surface area contributed by atoms with Crippen molar-refractivity contribution in [3.63, 3.8) is 0 Å². The highest BCUT2D eigenvalue weighted by molar-refractivity contribution is 5.80. The molecule has 0 saturated carbocycles. The average molecular weight is 269 g/mol. The molecular weight excluding hydrogens is 254 g/mol. The van der Waals surface area contributed by atoms with Crippen LogP contribution in [0.1, 0.15) is 13.8 Å². The summed E-state index contributed by atoms with van der Waals surface area (Å²) in [4.78, 5) is 29.8. The Bertz CT molecular complexity index is 479. The van der Waals surface area contributed by atoms with Gasteiger partial charge in [0, 0.05) is 0 Å². The van der Waals surface area contributed by atoms with E-state index >= 15 is 0 Å². The highest BCUT2D eigenvalue weighted by atomic mass is 16.5. The number of nitrogen functional groups attached to an aromatic ring is 1. The van der Waals surface area contributed by atoms with Crippen LogP contribution in [-0.2, 0) is 9.53 Å². The fourth-order valence-electron chi connectivity index (χ4n) is 1.31. The fraction of sp³-hybridized carbons (Fsp3) is 0.500. The van der Waals surface area contributed by atoms with Crippen LogP contribution >= 0.6 is 0 Å². The maximum Gasteiger partial charge on any atom is 0.328 e. The zero-order valence-corrected chi connectivity index (χ0v) is 10.8. The van der Waals surface area contributed by atoms with Crippen LogP contribution in [-0.4, -0.2) is 35.7 Å². The molecule has 1 aromatic heterocycles. The smallest absolute Gasteiger partial charge is 0.328 e. The number of methoxy groups -OCH3 is 1. The lowest BCUT2D eigenvalue weighted by molar-refractivity contribution is -0.143. The Labute approximate surface area is 109 Å². The number of rotatable bonds is 6. The molecule has 0 unspecified atom stereocenters. The van der Waals surface area contributed by atoms with Crippen LogP contribution in [0, 0.1) is 4.91 Å². The van der Waals surface area contributed by atoms with Gasteiger partial charge in [-0.1, -0.05) is 0 Å². The Morgan fingerprint density at radius 3 is 2.74 bits per heavy atom. The third-order valence-electron chi connectivity index (χ3n) is 2.15. The van der Waals surface area contributed by atoms with Crippen LogP contribution in [0.15, 0.2) is 5.18 Å². The van der Waals surface area contributed by atoms with Gasteiger partial charge in [0.1, 0.15) is 6.04 Å².